The van der Waals surface area contributed by atoms with Crippen LogP contribution < -0.4 is 10.6 Å². The van der Waals surface area contributed by atoms with Crippen LogP contribution in [0.5, 0.6) is 5.75 Å². The maximum Gasteiger partial charge on any atom is 0.314 e. The lowest BCUT2D eigenvalue weighted by molar-refractivity contribution is -0.133. The molecule has 0 fully saturated rings. The quantitative estimate of drug-likeness (QED) is 0.587. The molecular weight excluding hydrogens is 304 g/mol. The number of rotatable bonds is 2. The number of benzene rings is 2. The first-order valence-corrected chi connectivity index (χ1v) is 6.93. The second kappa shape index (κ2) is 6.49. The van der Waals surface area contributed by atoms with Crippen LogP contribution in [0.3, 0.4) is 0 Å². The largest absolute Gasteiger partial charge is 0.506 e. The molecule has 6 heteroatoms. The van der Waals surface area contributed by atoms with E-state index in [1.165, 1.54) is 12.1 Å². The molecule has 3 N–H and O–H groups in total. The van der Waals surface area contributed by atoms with Gasteiger partial charge in [-0.3, -0.25) is 9.59 Å². The van der Waals surface area contributed by atoms with Crippen LogP contribution in [-0.2, 0) is 9.59 Å². The van der Waals surface area contributed by atoms with Crippen molar-refractivity contribution in [2.75, 3.05) is 10.6 Å². The molecule has 2 aromatic rings. The molecule has 5 nitrogen and oxygen atoms in total. The number of aryl methyl sites for hydroxylation is 1. The highest BCUT2D eigenvalue weighted by Gasteiger charge is 2.16. The van der Waals surface area contributed by atoms with E-state index in [0.29, 0.717) is 16.3 Å². The first-order chi connectivity index (χ1) is 10.4. The molecule has 0 radical (unpaired) electrons. The van der Waals surface area contributed by atoms with Crippen molar-refractivity contribution in [2.24, 2.45) is 0 Å². The predicted octanol–water partition coefficient (Wildman–Crippen LogP) is 3.24. The molecule has 0 aliphatic heterocycles. The maximum atomic E-state index is 11.9. The number of hydrogen-bond donors (Lipinski definition) is 3. The van der Waals surface area contributed by atoms with Gasteiger partial charge in [0.1, 0.15) is 5.75 Å². The second-order valence-corrected chi connectivity index (χ2v) is 5.25. The Hall–Kier alpha value is -2.53. The van der Waals surface area contributed by atoms with Crippen LogP contribution in [0.1, 0.15) is 11.1 Å². The molecule has 114 valence electrons. The number of phenolic OH excluding ortho intramolecular Hbond substituents is 1. The van der Waals surface area contributed by atoms with Gasteiger partial charge in [-0.15, -0.1) is 0 Å². The van der Waals surface area contributed by atoms with E-state index in [4.69, 9.17) is 11.6 Å². The average Bonchev–Trinajstić information content (AvgIpc) is 2.46. The molecule has 2 aromatic carbocycles. The summed E-state index contributed by atoms with van der Waals surface area (Å²) in [5, 5.41) is 15.1. The van der Waals surface area contributed by atoms with Gasteiger partial charge in [0.2, 0.25) is 0 Å². The number of anilines is 2. The van der Waals surface area contributed by atoms with E-state index in [2.05, 4.69) is 10.6 Å². The minimum atomic E-state index is -0.876. The van der Waals surface area contributed by atoms with Gasteiger partial charge in [0, 0.05) is 10.7 Å². The number of carbonyl (C=O) groups excluding carboxylic acids is 2. The normalized spacial score (nSPS) is 10.1. The Morgan fingerprint density at radius 2 is 1.64 bits per heavy atom. The Morgan fingerprint density at radius 1 is 1.00 bits per heavy atom. The van der Waals surface area contributed by atoms with Gasteiger partial charge >= 0.3 is 11.8 Å². The second-order valence-electron chi connectivity index (χ2n) is 4.84. The standard InChI is InChI=1S/C16H15ClN2O3/c1-9-6-7-13(14(20)8-9)19-16(22)15(21)18-12-5-3-4-11(17)10(12)2/h3-8,20H,1-2H3,(H,18,21)(H,19,22). The van der Waals surface area contributed by atoms with Crippen molar-refractivity contribution in [3.8, 4) is 5.75 Å². The van der Waals surface area contributed by atoms with Crippen LogP contribution in [-0.4, -0.2) is 16.9 Å². The van der Waals surface area contributed by atoms with Crippen LogP contribution in [0.4, 0.5) is 11.4 Å². The first kappa shape index (κ1) is 15.9. The van der Waals surface area contributed by atoms with Gasteiger partial charge in [0.15, 0.2) is 0 Å². The Morgan fingerprint density at radius 3 is 2.27 bits per heavy atom. The van der Waals surface area contributed by atoms with E-state index in [1.54, 1.807) is 38.1 Å². The number of halogens is 1. The number of carbonyl (C=O) groups is 2. The highest BCUT2D eigenvalue weighted by molar-refractivity contribution is 6.44. The summed E-state index contributed by atoms with van der Waals surface area (Å²) in [4.78, 5) is 23.8. The smallest absolute Gasteiger partial charge is 0.314 e. The molecule has 0 aromatic heterocycles. The zero-order chi connectivity index (χ0) is 16.3. The maximum absolute atomic E-state index is 11.9. The topological polar surface area (TPSA) is 78.4 Å². The molecular formula is C16H15ClN2O3. The summed E-state index contributed by atoms with van der Waals surface area (Å²) in [6.07, 6.45) is 0. The van der Waals surface area contributed by atoms with Gasteiger partial charge in [-0.05, 0) is 49.2 Å². The SMILES string of the molecule is Cc1ccc(NC(=O)C(=O)Nc2cccc(Cl)c2C)c(O)c1. The number of nitrogens with one attached hydrogen (secondary N) is 2. The summed E-state index contributed by atoms with van der Waals surface area (Å²) >= 11 is 5.96. The fraction of sp³-hybridized carbons (Fsp3) is 0.125. The number of phenols is 1. The zero-order valence-electron chi connectivity index (χ0n) is 12.1. The van der Waals surface area contributed by atoms with Crippen LogP contribution in [0.15, 0.2) is 36.4 Å². The minimum absolute atomic E-state index is 0.0971. The lowest BCUT2D eigenvalue weighted by atomic mass is 10.2. The molecule has 0 atom stereocenters. The average molecular weight is 319 g/mol. The Bertz CT molecular complexity index is 744. The van der Waals surface area contributed by atoms with Crippen molar-refractivity contribution < 1.29 is 14.7 Å². The van der Waals surface area contributed by atoms with Crippen molar-refractivity contribution in [2.45, 2.75) is 13.8 Å². The molecule has 22 heavy (non-hydrogen) atoms. The van der Waals surface area contributed by atoms with E-state index < -0.39 is 11.8 Å². The summed E-state index contributed by atoms with van der Waals surface area (Å²) in [5.74, 6) is -1.82. The molecule has 0 heterocycles. The van der Waals surface area contributed by atoms with Gasteiger partial charge in [-0.25, -0.2) is 0 Å². The van der Waals surface area contributed by atoms with Crippen molar-refractivity contribution >= 4 is 34.8 Å². The molecule has 0 saturated carbocycles. The van der Waals surface area contributed by atoms with Crippen LogP contribution in [0.2, 0.25) is 5.02 Å². The molecule has 0 saturated heterocycles. The van der Waals surface area contributed by atoms with Crippen molar-refractivity contribution in [1.29, 1.82) is 0 Å². The third kappa shape index (κ3) is 3.56. The van der Waals surface area contributed by atoms with E-state index in [9.17, 15) is 14.7 Å². The van der Waals surface area contributed by atoms with Crippen molar-refractivity contribution in [3.05, 3.63) is 52.5 Å². The van der Waals surface area contributed by atoms with E-state index >= 15 is 0 Å². The summed E-state index contributed by atoms with van der Waals surface area (Å²) in [6.45, 7) is 3.54. The molecule has 0 bridgehead atoms. The third-order valence-corrected chi connectivity index (χ3v) is 3.53. The van der Waals surface area contributed by atoms with Gasteiger partial charge < -0.3 is 15.7 Å². The molecule has 0 aliphatic carbocycles. The predicted molar refractivity (Wildman–Crippen MR) is 86.3 cm³/mol. The van der Waals surface area contributed by atoms with E-state index in [1.807, 2.05) is 0 Å². The zero-order valence-corrected chi connectivity index (χ0v) is 12.9. The number of aromatic hydroxyl groups is 1. The van der Waals surface area contributed by atoms with Crippen molar-refractivity contribution in [3.63, 3.8) is 0 Å². The van der Waals surface area contributed by atoms with E-state index in [0.717, 1.165) is 5.56 Å². The monoisotopic (exact) mass is 318 g/mol. The molecule has 0 spiro atoms. The lowest BCUT2D eigenvalue weighted by Gasteiger charge is -2.10. The van der Waals surface area contributed by atoms with Crippen LogP contribution in [0.25, 0.3) is 0 Å². The Kier molecular flexibility index (Phi) is 4.68. The van der Waals surface area contributed by atoms with Crippen molar-refractivity contribution in [1.82, 2.24) is 0 Å². The highest BCUT2D eigenvalue weighted by Crippen LogP contribution is 2.25. The first-order valence-electron chi connectivity index (χ1n) is 6.55. The van der Waals surface area contributed by atoms with Crippen LogP contribution in [0, 0.1) is 13.8 Å². The fourth-order valence-electron chi connectivity index (χ4n) is 1.85. The summed E-state index contributed by atoms with van der Waals surface area (Å²) in [6, 6.07) is 9.75. The summed E-state index contributed by atoms with van der Waals surface area (Å²) in [7, 11) is 0. The molecule has 0 unspecified atom stereocenters. The fourth-order valence-corrected chi connectivity index (χ4v) is 2.02. The Labute approximate surface area is 132 Å². The summed E-state index contributed by atoms with van der Waals surface area (Å²) < 4.78 is 0. The van der Waals surface area contributed by atoms with Gasteiger partial charge in [0.05, 0.1) is 5.69 Å². The Balaban J connectivity index is 2.09. The number of hydrogen-bond acceptors (Lipinski definition) is 3. The van der Waals surface area contributed by atoms with Gasteiger partial charge in [-0.1, -0.05) is 23.7 Å². The molecule has 2 amide bonds. The number of amides is 2. The molecule has 0 aliphatic rings. The summed E-state index contributed by atoms with van der Waals surface area (Å²) in [5.41, 5.74) is 2.15. The lowest BCUT2D eigenvalue weighted by Crippen LogP contribution is -2.29. The van der Waals surface area contributed by atoms with Crippen LogP contribution >= 0.6 is 11.6 Å². The highest BCUT2D eigenvalue weighted by atomic mass is 35.5. The minimum Gasteiger partial charge on any atom is -0.506 e. The van der Waals surface area contributed by atoms with E-state index in [-0.39, 0.29) is 11.4 Å². The van der Waals surface area contributed by atoms with Gasteiger partial charge in [0.25, 0.3) is 0 Å². The third-order valence-electron chi connectivity index (χ3n) is 3.12. The molecule has 2 rings (SSSR count). The van der Waals surface area contributed by atoms with Gasteiger partial charge in [-0.2, -0.15) is 0 Å².